The molecule has 0 aliphatic rings. The van der Waals surface area contributed by atoms with Crippen LogP contribution < -0.4 is 16.1 Å². The molecule has 2 rings (SSSR count). The molecule has 106 valence electrons. The monoisotopic (exact) mass is 277 g/mol. The van der Waals surface area contributed by atoms with E-state index in [0.29, 0.717) is 30.5 Å². The summed E-state index contributed by atoms with van der Waals surface area (Å²) in [6.07, 6.45) is 0. The average Bonchev–Trinajstić information content (AvgIpc) is 2.39. The fourth-order valence-electron chi connectivity index (χ4n) is 1.92. The van der Waals surface area contributed by atoms with E-state index in [1.807, 2.05) is 0 Å². The van der Waals surface area contributed by atoms with Crippen LogP contribution in [-0.4, -0.2) is 24.0 Å². The van der Waals surface area contributed by atoms with E-state index >= 15 is 0 Å². The number of amides is 1. The molecular weight excluding hydrogens is 261 g/mol. The topological polar surface area (TPSA) is 74.0 Å². The van der Waals surface area contributed by atoms with E-state index in [4.69, 9.17) is 0 Å². The molecule has 0 saturated carbocycles. The molecule has 0 saturated heterocycles. The lowest BCUT2D eigenvalue weighted by Crippen LogP contribution is -2.30. The lowest BCUT2D eigenvalue weighted by atomic mass is 10.2. The molecule has 0 bridgehead atoms. The molecule has 0 spiro atoms. The number of hydrogen-bond acceptors (Lipinski definition) is 3. The molecule has 1 heterocycles. The van der Waals surface area contributed by atoms with Gasteiger partial charge in [0.05, 0.1) is 0 Å². The van der Waals surface area contributed by atoms with Gasteiger partial charge < -0.3 is 15.6 Å². The van der Waals surface area contributed by atoms with Crippen LogP contribution in [0.5, 0.6) is 0 Å². The standard InChI is InChI=1S/C14H16FN3O2/c1-9(19)17-5-4-16-8-11-7-14(20)12-6-10(15)2-3-13(12)18-11/h2-3,6-7,16H,4-5,8H2,1H3,(H,17,19)(H,18,20). The summed E-state index contributed by atoms with van der Waals surface area (Å²) in [5.41, 5.74) is 1.12. The van der Waals surface area contributed by atoms with Crippen molar-refractivity contribution in [1.82, 2.24) is 15.6 Å². The van der Waals surface area contributed by atoms with Gasteiger partial charge >= 0.3 is 0 Å². The molecule has 3 N–H and O–H groups in total. The lowest BCUT2D eigenvalue weighted by Gasteiger charge is -2.07. The lowest BCUT2D eigenvalue weighted by molar-refractivity contribution is -0.118. The van der Waals surface area contributed by atoms with Gasteiger partial charge in [-0.25, -0.2) is 4.39 Å². The second-order valence-electron chi connectivity index (χ2n) is 4.51. The van der Waals surface area contributed by atoms with Crippen molar-refractivity contribution in [3.8, 4) is 0 Å². The van der Waals surface area contributed by atoms with Crippen molar-refractivity contribution in [2.45, 2.75) is 13.5 Å². The van der Waals surface area contributed by atoms with E-state index < -0.39 is 5.82 Å². The maximum atomic E-state index is 13.1. The Labute approximate surface area is 115 Å². The van der Waals surface area contributed by atoms with Gasteiger partial charge in [-0.1, -0.05) is 0 Å². The highest BCUT2D eigenvalue weighted by Gasteiger charge is 2.03. The normalized spacial score (nSPS) is 10.7. The van der Waals surface area contributed by atoms with Crippen molar-refractivity contribution in [3.05, 3.63) is 46.0 Å². The Bertz CT molecular complexity index is 682. The summed E-state index contributed by atoms with van der Waals surface area (Å²) < 4.78 is 13.1. The fourth-order valence-corrected chi connectivity index (χ4v) is 1.92. The highest BCUT2D eigenvalue weighted by Crippen LogP contribution is 2.10. The Hall–Kier alpha value is -2.21. The number of aromatic amines is 1. The van der Waals surface area contributed by atoms with Crippen molar-refractivity contribution in [3.63, 3.8) is 0 Å². The van der Waals surface area contributed by atoms with Crippen LogP contribution in [0.25, 0.3) is 10.9 Å². The third-order valence-corrected chi connectivity index (χ3v) is 2.84. The second-order valence-corrected chi connectivity index (χ2v) is 4.51. The first-order chi connectivity index (χ1) is 9.56. The van der Waals surface area contributed by atoms with E-state index in [1.165, 1.54) is 25.1 Å². The summed E-state index contributed by atoms with van der Waals surface area (Å²) in [5, 5.41) is 6.11. The molecule has 0 aliphatic carbocycles. The number of aromatic nitrogens is 1. The number of H-pyrrole nitrogens is 1. The van der Waals surface area contributed by atoms with E-state index in [-0.39, 0.29) is 11.3 Å². The van der Waals surface area contributed by atoms with Gasteiger partial charge in [0.15, 0.2) is 5.43 Å². The number of fused-ring (bicyclic) bond motifs is 1. The number of benzene rings is 1. The zero-order valence-electron chi connectivity index (χ0n) is 11.1. The average molecular weight is 277 g/mol. The molecule has 2 aromatic rings. The largest absolute Gasteiger partial charge is 0.357 e. The Balaban J connectivity index is 2.03. The smallest absolute Gasteiger partial charge is 0.216 e. The Morgan fingerprint density at radius 2 is 2.10 bits per heavy atom. The minimum atomic E-state index is -0.427. The minimum Gasteiger partial charge on any atom is -0.357 e. The van der Waals surface area contributed by atoms with Crippen molar-refractivity contribution in [2.75, 3.05) is 13.1 Å². The van der Waals surface area contributed by atoms with E-state index in [9.17, 15) is 14.0 Å². The third-order valence-electron chi connectivity index (χ3n) is 2.84. The number of pyridine rings is 1. The molecule has 0 aliphatic heterocycles. The second kappa shape index (κ2) is 6.29. The van der Waals surface area contributed by atoms with Crippen molar-refractivity contribution in [1.29, 1.82) is 0 Å². The summed E-state index contributed by atoms with van der Waals surface area (Å²) in [7, 11) is 0. The highest BCUT2D eigenvalue weighted by atomic mass is 19.1. The number of carbonyl (C=O) groups is 1. The van der Waals surface area contributed by atoms with Crippen LogP contribution in [0.1, 0.15) is 12.6 Å². The van der Waals surface area contributed by atoms with Gasteiger partial charge in [0.1, 0.15) is 5.82 Å². The van der Waals surface area contributed by atoms with Crippen LogP contribution in [0.2, 0.25) is 0 Å². The summed E-state index contributed by atoms with van der Waals surface area (Å²) in [6, 6.07) is 5.54. The maximum absolute atomic E-state index is 13.1. The molecule has 5 nitrogen and oxygen atoms in total. The predicted octanol–water partition coefficient (Wildman–Crippen LogP) is 0.893. The zero-order chi connectivity index (χ0) is 14.5. The molecule has 6 heteroatoms. The van der Waals surface area contributed by atoms with E-state index in [2.05, 4.69) is 15.6 Å². The number of halogens is 1. The highest BCUT2D eigenvalue weighted by molar-refractivity contribution is 5.78. The Morgan fingerprint density at radius 1 is 1.30 bits per heavy atom. The molecule has 0 atom stereocenters. The van der Waals surface area contributed by atoms with Gasteiger partial charge in [-0.2, -0.15) is 0 Å². The first kappa shape index (κ1) is 14.2. The number of carbonyl (C=O) groups excluding carboxylic acids is 1. The van der Waals surface area contributed by atoms with Crippen molar-refractivity contribution >= 4 is 16.8 Å². The van der Waals surface area contributed by atoms with E-state index in [1.54, 1.807) is 6.07 Å². The van der Waals surface area contributed by atoms with Gasteiger partial charge in [0, 0.05) is 49.2 Å². The predicted molar refractivity (Wildman–Crippen MR) is 74.9 cm³/mol. The first-order valence-corrected chi connectivity index (χ1v) is 6.33. The van der Waals surface area contributed by atoms with Crippen LogP contribution in [0.3, 0.4) is 0 Å². The number of hydrogen-bond donors (Lipinski definition) is 3. The van der Waals surface area contributed by atoms with Gasteiger partial charge in [-0.05, 0) is 18.2 Å². The molecule has 1 aromatic heterocycles. The minimum absolute atomic E-state index is 0.0760. The summed E-state index contributed by atoms with van der Waals surface area (Å²) in [5.74, 6) is -0.503. The molecule has 0 radical (unpaired) electrons. The first-order valence-electron chi connectivity index (χ1n) is 6.33. The van der Waals surface area contributed by atoms with Gasteiger partial charge in [-0.15, -0.1) is 0 Å². The quantitative estimate of drug-likeness (QED) is 0.711. The van der Waals surface area contributed by atoms with Crippen molar-refractivity contribution in [2.24, 2.45) is 0 Å². The molecule has 0 fully saturated rings. The maximum Gasteiger partial charge on any atom is 0.216 e. The third kappa shape index (κ3) is 3.64. The van der Waals surface area contributed by atoms with Gasteiger partial charge in [0.2, 0.25) is 5.91 Å². The molecule has 20 heavy (non-hydrogen) atoms. The molecule has 1 aromatic carbocycles. The van der Waals surface area contributed by atoms with Crippen LogP contribution in [0.4, 0.5) is 4.39 Å². The molecule has 1 amide bonds. The van der Waals surface area contributed by atoms with Crippen LogP contribution in [-0.2, 0) is 11.3 Å². The van der Waals surface area contributed by atoms with Gasteiger partial charge in [0.25, 0.3) is 0 Å². The SMILES string of the molecule is CC(=O)NCCNCc1cc(=O)c2cc(F)ccc2[nH]1. The summed E-state index contributed by atoms with van der Waals surface area (Å²) >= 11 is 0. The zero-order valence-corrected chi connectivity index (χ0v) is 11.1. The molecular formula is C14H16FN3O2. The number of rotatable bonds is 5. The Morgan fingerprint density at radius 3 is 2.85 bits per heavy atom. The van der Waals surface area contributed by atoms with E-state index in [0.717, 1.165) is 5.69 Å². The van der Waals surface area contributed by atoms with Crippen LogP contribution in [0.15, 0.2) is 29.1 Å². The molecule has 0 unspecified atom stereocenters. The number of nitrogens with one attached hydrogen (secondary N) is 3. The fraction of sp³-hybridized carbons (Fsp3) is 0.286. The van der Waals surface area contributed by atoms with Gasteiger partial charge in [-0.3, -0.25) is 9.59 Å². The van der Waals surface area contributed by atoms with Crippen LogP contribution in [0, 0.1) is 5.82 Å². The Kier molecular flexibility index (Phi) is 4.47. The summed E-state index contributed by atoms with van der Waals surface area (Å²) in [4.78, 5) is 25.6. The summed E-state index contributed by atoms with van der Waals surface area (Å²) in [6.45, 7) is 3.06. The van der Waals surface area contributed by atoms with Crippen LogP contribution >= 0.6 is 0 Å². The van der Waals surface area contributed by atoms with Crippen molar-refractivity contribution < 1.29 is 9.18 Å².